The summed E-state index contributed by atoms with van der Waals surface area (Å²) in [6, 6.07) is 3.20. The van der Waals surface area contributed by atoms with E-state index in [9.17, 15) is 4.39 Å². The van der Waals surface area contributed by atoms with Gasteiger partial charge in [0, 0.05) is 12.7 Å². The highest BCUT2D eigenvalue weighted by Crippen LogP contribution is 2.23. The first-order valence-corrected chi connectivity index (χ1v) is 4.72. The van der Waals surface area contributed by atoms with E-state index in [1.54, 1.807) is 12.1 Å². The lowest BCUT2D eigenvalue weighted by atomic mass is 10.0. The molecule has 1 nitrogen and oxygen atoms in total. The normalized spacial score (nSPS) is 10.2. The average molecular weight is 181 g/mol. The standard InChI is InChI=1S/C11H16FN/c1-4-8-6-10(12)7-9(5-2)11(8)13-3/h6-7,13H,4-5H2,1-3H3. The Morgan fingerprint density at radius 2 is 1.62 bits per heavy atom. The fourth-order valence-corrected chi connectivity index (χ4v) is 1.60. The molecular formula is C11H16FN. The zero-order chi connectivity index (χ0) is 9.84. The predicted octanol–water partition coefficient (Wildman–Crippen LogP) is 2.99. The van der Waals surface area contributed by atoms with E-state index in [0.29, 0.717) is 0 Å². The molecule has 0 atom stereocenters. The van der Waals surface area contributed by atoms with Crippen molar-refractivity contribution in [3.05, 3.63) is 29.1 Å². The number of aryl methyl sites for hydroxylation is 2. The van der Waals surface area contributed by atoms with Gasteiger partial charge in [-0.3, -0.25) is 0 Å². The van der Waals surface area contributed by atoms with Crippen molar-refractivity contribution in [1.82, 2.24) is 0 Å². The predicted molar refractivity (Wildman–Crippen MR) is 54.7 cm³/mol. The van der Waals surface area contributed by atoms with E-state index in [2.05, 4.69) is 5.32 Å². The van der Waals surface area contributed by atoms with Crippen molar-refractivity contribution in [1.29, 1.82) is 0 Å². The fraction of sp³-hybridized carbons (Fsp3) is 0.455. The van der Waals surface area contributed by atoms with E-state index in [-0.39, 0.29) is 5.82 Å². The van der Waals surface area contributed by atoms with Crippen molar-refractivity contribution in [3.63, 3.8) is 0 Å². The van der Waals surface area contributed by atoms with E-state index < -0.39 is 0 Å². The lowest BCUT2D eigenvalue weighted by Crippen LogP contribution is -2.00. The van der Waals surface area contributed by atoms with Crippen LogP contribution in [0.1, 0.15) is 25.0 Å². The molecule has 0 radical (unpaired) electrons. The third-order valence-corrected chi connectivity index (χ3v) is 2.28. The molecule has 2 heteroatoms. The number of hydrogen-bond donors (Lipinski definition) is 1. The highest BCUT2D eigenvalue weighted by Gasteiger charge is 2.06. The van der Waals surface area contributed by atoms with Crippen LogP contribution in [-0.4, -0.2) is 7.05 Å². The van der Waals surface area contributed by atoms with Gasteiger partial charge in [-0.05, 0) is 36.1 Å². The maximum atomic E-state index is 13.1. The Labute approximate surface area is 79.0 Å². The lowest BCUT2D eigenvalue weighted by Gasteiger charge is -2.12. The first-order chi connectivity index (χ1) is 6.22. The number of rotatable bonds is 3. The summed E-state index contributed by atoms with van der Waals surface area (Å²) in [6.45, 7) is 4.07. The molecule has 0 unspecified atom stereocenters. The SMILES string of the molecule is CCc1cc(F)cc(CC)c1NC. The molecule has 0 saturated carbocycles. The molecule has 13 heavy (non-hydrogen) atoms. The second-order valence-electron chi connectivity index (χ2n) is 3.06. The van der Waals surface area contributed by atoms with Crippen LogP contribution >= 0.6 is 0 Å². The van der Waals surface area contributed by atoms with Crippen LogP contribution in [0.4, 0.5) is 10.1 Å². The van der Waals surface area contributed by atoms with Gasteiger partial charge in [-0.15, -0.1) is 0 Å². The Morgan fingerprint density at radius 1 is 1.15 bits per heavy atom. The van der Waals surface area contributed by atoms with Gasteiger partial charge in [0.2, 0.25) is 0 Å². The van der Waals surface area contributed by atoms with Gasteiger partial charge in [0.25, 0.3) is 0 Å². The van der Waals surface area contributed by atoms with Crippen LogP contribution in [0.25, 0.3) is 0 Å². The first-order valence-electron chi connectivity index (χ1n) is 4.72. The molecule has 0 fully saturated rings. The number of benzene rings is 1. The van der Waals surface area contributed by atoms with Crippen molar-refractivity contribution < 1.29 is 4.39 Å². The summed E-state index contributed by atoms with van der Waals surface area (Å²) in [5.41, 5.74) is 3.20. The quantitative estimate of drug-likeness (QED) is 0.755. The molecular weight excluding hydrogens is 165 g/mol. The third-order valence-electron chi connectivity index (χ3n) is 2.28. The minimum Gasteiger partial charge on any atom is -0.388 e. The van der Waals surface area contributed by atoms with Gasteiger partial charge in [0.1, 0.15) is 5.82 Å². The Bertz CT molecular complexity index is 269. The highest BCUT2D eigenvalue weighted by atomic mass is 19.1. The van der Waals surface area contributed by atoms with Gasteiger partial charge < -0.3 is 5.32 Å². The van der Waals surface area contributed by atoms with Crippen molar-refractivity contribution in [2.24, 2.45) is 0 Å². The summed E-state index contributed by atoms with van der Waals surface area (Å²) in [7, 11) is 1.88. The van der Waals surface area contributed by atoms with Gasteiger partial charge >= 0.3 is 0 Å². The monoisotopic (exact) mass is 181 g/mol. The molecule has 0 amide bonds. The molecule has 0 aliphatic rings. The van der Waals surface area contributed by atoms with E-state index in [1.165, 1.54) is 0 Å². The minimum absolute atomic E-state index is 0.132. The zero-order valence-corrected chi connectivity index (χ0v) is 8.45. The molecule has 0 saturated heterocycles. The lowest BCUT2D eigenvalue weighted by molar-refractivity contribution is 0.624. The van der Waals surface area contributed by atoms with Gasteiger partial charge in [-0.1, -0.05) is 13.8 Å². The molecule has 1 rings (SSSR count). The average Bonchev–Trinajstić information content (AvgIpc) is 2.16. The minimum atomic E-state index is -0.132. The summed E-state index contributed by atoms with van der Waals surface area (Å²) >= 11 is 0. The molecule has 0 spiro atoms. The Hall–Kier alpha value is -1.05. The summed E-state index contributed by atoms with van der Waals surface area (Å²) in [6.07, 6.45) is 1.72. The summed E-state index contributed by atoms with van der Waals surface area (Å²) in [5.74, 6) is -0.132. The Kier molecular flexibility index (Phi) is 3.29. The van der Waals surface area contributed by atoms with Crippen LogP contribution in [0.3, 0.4) is 0 Å². The molecule has 0 aliphatic heterocycles. The molecule has 0 aromatic heterocycles. The number of nitrogens with one attached hydrogen (secondary N) is 1. The van der Waals surface area contributed by atoms with Crippen LogP contribution in [0.5, 0.6) is 0 Å². The van der Waals surface area contributed by atoms with Crippen LogP contribution < -0.4 is 5.32 Å². The maximum absolute atomic E-state index is 13.1. The van der Waals surface area contributed by atoms with E-state index in [1.807, 2.05) is 20.9 Å². The highest BCUT2D eigenvalue weighted by molar-refractivity contribution is 5.57. The molecule has 0 heterocycles. The summed E-state index contributed by atoms with van der Waals surface area (Å²) in [5, 5.41) is 3.13. The van der Waals surface area contributed by atoms with Crippen molar-refractivity contribution >= 4 is 5.69 Å². The molecule has 1 N–H and O–H groups in total. The molecule has 0 bridgehead atoms. The van der Waals surface area contributed by atoms with Crippen molar-refractivity contribution in [3.8, 4) is 0 Å². The number of halogens is 1. The zero-order valence-electron chi connectivity index (χ0n) is 8.45. The molecule has 1 aromatic rings. The second-order valence-corrected chi connectivity index (χ2v) is 3.06. The first kappa shape index (κ1) is 10.0. The van der Waals surface area contributed by atoms with E-state index in [0.717, 1.165) is 29.7 Å². The molecule has 0 aliphatic carbocycles. The largest absolute Gasteiger partial charge is 0.388 e. The fourth-order valence-electron chi connectivity index (χ4n) is 1.60. The molecule has 1 aromatic carbocycles. The number of hydrogen-bond acceptors (Lipinski definition) is 1. The van der Waals surface area contributed by atoms with Crippen LogP contribution in [-0.2, 0) is 12.8 Å². The summed E-state index contributed by atoms with van der Waals surface area (Å²) in [4.78, 5) is 0. The van der Waals surface area contributed by atoms with Crippen molar-refractivity contribution in [2.75, 3.05) is 12.4 Å². The third kappa shape index (κ3) is 2.00. The Morgan fingerprint density at radius 3 is 1.92 bits per heavy atom. The van der Waals surface area contributed by atoms with Crippen LogP contribution in [0.15, 0.2) is 12.1 Å². The topological polar surface area (TPSA) is 12.0 Å². The second kappa shape index (κ2) is 4.26. The van der Waals surface area contributed by atoms with Gasteiger partial charge in [-0.25, -0.2) is 4.39 Å². The van der Waals surface area contributed by atoms with Crippen LogP contribution in [0.2, 0.25) is 0 Å². The van der Waals surface area contributed by atoms with Gasteiger partial charge in [0.15, 0.2) is 0 Å². The summed E-state index contributed by atoms with van der Waals surface area (Å²) < 4.78 is 13.1. The number of anilines is 1. The van der Waals surface area contributed by atoms with Crippen molar-refractivity contribution in [2.45, 2.75) is 26.7 Å². The van der Waals surface area contributed by atoms with E-state index >= 15 is 0 Å². The van der Waals surface area contributed by atoms with Gasteiger partial charge in [0.05, 0.1) is 0 Å². The van der Waals surface area contributed by atoms with Crippen LogP contribution in [0, 0.1) is 5.82 Å². The Balaban J connectivity index is 3.25. The maximum Gasteiger partial charge on any atom is 0.123 e. The molecule has 72 valence electrons. The van der Waals surface area contributed by atoms with E-state index in [4.69, 9.17) is 0 Å². The van der Waals surface area contributed by atoms with Gasteiger partial charge in [-0.2, -0.15) is 0 Å². The smallest absolute Gasteiger partial charge is 0.123 e.